The summed E-state index contributed by atoms with van der Waals surface area (Å²) < 4.78 is 9.97. The molecule has 8 nitrogen and oxygen atoms in total. The summed E-state index contributed by atoms with van der Waals surface area (Å²) in [6.07, 6.45) is 2.90. The summed E-state index contributed by atoms with van der Waals surface area (Å²) in [6, 6.07) is 0. The molecule has 0 spiro atoms. The normalized spacial score (nSPS) is 11.1. The van der Waals surface area contributed by atoms with E-state index in [0.717, 1.165) is 12.2 Å². The number of ether oxygens (including phenoxy) is 1. The van der Waals surface area contributed by atoms with Crippen LogP contribution in [-0.4, -0.2) is 48.3 Å². The molecule has 0 bridgehead atoms. The Morgan fingerprint density at radius 2 is 2.44 bits per heavy atom. The van der Waals surface area contributed by atoms with Gasteiger partial charge in [0.25, 0.3) is 5.88 Å². The van der Waals surface area contributed by atoms with Crippen molar-refractivity contribution in [1.82, 2.24) is 15.6 Å². The highest BCUT2D eigenvalue weighted by Gasteiger charge is 2.17. The first-order valence-electron chi connectivity index (χ1n) is 5.13. The standard InChI is InChI=1S/C9H14N4O4S/c1-10-8(12-16-6-14)7-9(13-17-11-7)15-4-3-5-18-2/h6H,3-5H2,1-2H3,(H,10,12). The van der Waals surface area contributed by atoms with Gasteiger partial charge in [-0.15, -0.1) is 0 Å². The molecule has 0 aliphatic carbocycles. The van der Waals surface area contributed by atoms with E-state index in [1.807, 2.05) is 6.26 Å². The summed E-state index contributed by atoms with van der Waals surface area (Å²) in [6.45, 7) is 0.692. The van der Waals surface area contributed by atoms with Crippen LogP contribution in [0, 0.1) is 0 Å². The number of oxime groups is 1. The molecule has 1 aromatic heterocycles. The average molecular weight is 274 g/mol. The van der Waals surface area contributed by atoms with E-state index in [4.69, 9.17) is 4.74 Å². The molecule has 0 aromatic carbocycles. The minimum absolute atomic E-state index is 0.197. The van der Waals surface area contributed by atoms with Crippen molar-refractivity contribution in [3.63, 3.8) is 0 Å². The zero-order valence-electron chi connectivity index (χ0n) is 10.1. The molecule has 0 aliphatic heterocycles. The lowest BCUT2D eigenvalue weighted by atomic mass is 10.4. The maximum Gasteiger partial charge on any atom is 0.323 e. The van der Waals surface area contributed by atoms with Crippen molar-refractivity contribution in [3.05, 3.63) is 5.69 Å². The summed E-state index contributed by atoms with van der Waals surface area (Å²) in [5, 5.41) is 13.4. The van der Waals surface area contributed by atoms with Crippen molar-refractivity contribution in [2.24, 2.45) is 5.16 Å². The third-order valence-electron chi connectivity index (χ3n) is 1.84. The molecule has 0 radical (unpaired) electrons. The van der Waals surface area contributed by atoms with Crippen LogP contribution in [0.1, 0.15) is 12.1 Å². The van der Waals surface area contributed by atoms with Crippen LogP contribution in [0.5, 0.6) is 5.88 Å². The predicted octanol–water partition coefficient (Wildman–Crippen LogP) is 0.255. The molecule has 0 saturated heterocycles. The van der Waals surface area contributed by atoms with E-state index in [9.17, 15) is 4.79 Å². The Kier molecular flexibility index (Phi) is 6.62. The number of aromatic nitrogens is 2. The van der Waals surface area contributed by atoms with Crippen LogP contribution in [0.3, 0.4) is 0 Å². The van der Waals surface area contributed by atoms with Gasteiger partial charge in [-0.25, -0.2) is 4.63 Å². The van der Waals surface area contributed by atoms with Crippen LogP contribution in [-0.2, 0) is 9.63 Å². The second-order valence-corrected chi connectivity index (χ2v) is 3.99. The summed E-state index contributed by atoms with van der Waals surface area (Å²) in [4.78, 5) is 14.4. The highest BCUT2D eigenvalue weighted by Crippen LogP contribution is 2.13. The number of carbonyl (C=O) groups excluding carboxylic acids is 1. The first-order valence-corrected chi connectivity index (χ1v) is 6.52. The highest BCUT2D eigenvalue weighted by atomic mass is 32.2. The smallest absolute Gasteiger partial charge is 0.323 e. The number of thioether (sulfide) groups is 1. The van der Waals surface area contributed by atoms with E-state index < -0.39 is 0 Å². The van der Waals surface area contributed by atoms with Gasteiger partial charge in [-0.1, -0.05) is 5.16 Å². The zero-order valence-corrected chi connectivity index (χ0v) is 10.9. The van der Waals surface area contributed by atoms with Gasteiger partial charge < -0.3 is 14.9 Å². The van der Waals surface area contributed by atoms with Gasteiger partial charge >= 0.3 is 6.47 Å². The Morgan fingerprint density at radius 1 is 1.61 bits per heavy atom. The fourth-order valence-corrected chi connectivity index (χ4v) is 1.48. The second kappa shape index (κ2) is 8.34. The molecule has 0 unspecified atom stereocenters. The van der Waals surface area contributed by atoms with E-state index >= 15 is 0 Å². The number of nitrogens with one attached hydrogen (secondary N) is 1. The SMILES string of the molecule is CN/C(=N\OC=O)c1nonc1OCCCSC. The Bertz CT molecular complexity index is 396. The monoisotopic (exact) mass is 274 g/mol. The number of rotatable bonds is 8. The molecule has 0 amide bonds. The molecule has 0 fully saturated rings. The number of nitrogens with zero attached hydrogens (tertiary/aromatic N) is 3. The second-order valence-electron chi connectivity index (χ2n) is 3.00. The van der Waals surface area contributed by atoms with Gasteiger partial charge in [-0.3, -0.25) is 4.79 Å². The van der Waals surface area contributed by atoms with Crippen LogP contribution >= 0.6 is 11.8 Å². The van der Waals surface area contributed by atoms with Gasteiger partial charge in [0.15, 0.2) is 0 Å². The van der Waals surface area contributed by atoms with E-state index in [1.165, 1.54) is 0 Å². The molecule has 0 atom stereocenters. The van der Waals surface area contributed by atoms with Crippen LogP contribution < -0.4 is 10.1 Å². The number of carbonyl (C=O) groups is 1. The molecular formula is C9H14N4O4S. The number of hydrogen-bond acceptors (Lipinski definition) is 8. The van der Waals surface area contributed by atoms with Crippen LogP contribution in [0.25, 0.3) is 0 Å². The van der Waals surface area contributed by atoms with Crippen molar-refractivity contribution >= 4 is 24.1 Å². The van der Waals surface area contributed by atoms with Gasteiger partial charge in [0.2, 0.25) is 11.5 Å². The average Bonchev–Trinajstić information content (AvgIpc) is 2.84. The summed E-state index contributed by atoms with van der Waals surface area (Å²) in [5.74, 6) is 1.39. The fourth-order valence-electron chi connectivity index (χ4n) is 1.07. The van der Waals surface area contributed by atoms with Crippen molar-refractivity contribution in [3.8, 4) is 5.88 Å². The maximum atomic E-state index is 10.1. The lowest BCUT2D eigenvalue weighted by Gasteiger charge is -2.03. The number of amidine groups is 1. The van der Waals surface area contributed by atoms with Crippen LogP contribution in [0.4, 0.5) is 0 Å². The summed E-state index contributed by atoms with van der Waals surface area (Å²) in [5.41, 5.74) is 0.253. The van der Waals surface area contributed by atoms with Crippen molar-refractivity contribution in [1.29, 1.82) is 0 Å². The van der Waals surface area contributed by atoms with Gasteiger partial charge in [-0.2, -0.15) is 11.8 Å². The van der Waals surface area contributed by atoms with Gasteiger partial charge in [0.05, 0.1) is 6.61 Å². The number of hydrogen-bond donors (Lipinski definition) is 1. The predicted molar refractivity (Wildman–Crippen MR) is 65.5 cm³/mol. The van der Waals surface area contributed by atoms with E-state index in [2.05, 4.69) is 30.3 Å². The first kappa shape index (κ1) is 14.3. The van der Waals surface area contributed by atoms with E-state index in [0.29, 0.717) is 6.61 Å². The molecule has 1 heterocycles. The Balaban J connectivity index is 2.65. The largest absolute Gasteiger partial charge is 0.474 e. The fraction of sp³-hybridized carbons (Fsp3) is 0.556. The minimum atomic E-state index is 0.197. The summed E-state index contributed by atoms with van der Waals surface area (Å²) >= 11 is 1.73. The van der Waals surface area contributed by atoms with Crippen molar-refractivity contribution in [2.75, 3.05) is 25.7 Å². The van der Waals surface area contributed by atoms with E-state index in [1.54, 1.807) is 18.8 Å². The van der Waals surface area contributed by atoms with Crippen molar-refractivity contribution in [2.45, 2.75) is 6.42 Å². The minimum Gasteiger partial charge on any atom is -0.474 e. The summed E-state index contributed by atoms with van der Waals surface area (Å²) in [7, 11) is 1.60. The third kappa shape index (κ3) is 4.24. The lowest BCUT2D eigenvalue weighted by molar-refractivity contribution is -0.128. The van der Waals surface area contributed by atoms with E-state index in [-0.39, 0.29) is 23.9 Å². The Labute approximate surface area is 108 Å². The van der Waals surface area contributed by atoms with Crippen LogP contribution in [0.2, 0.25) is 0 Å². The molecule has 18 heavy (non-hydrogen) atoms. The first-order chi connectivity index (χ1) is 8.83. The molecule has 1 aromatic rings. The van der Waals surface area contributed by atoms with Crippen LogP contribution in [0.15, 0.2) is 9.78 Å². The third-order valence-corrected chi connectivity index (χ3v) is 2.54. The topological polar surface area (TPSA) is 98.8 Å². The Morgan fingerprint density at radius 3 is 3.11 bits per heavy atom. The molecule has 0 aliphatic rings. The molecule has 9 heteroatoms. The molecule has 1 rings (SSSR count). The molecular weight excluding hydrogens is 260 g/mol. The zero-order chi connectivity index (χ0) is 13.2. The highest BCUT2D eigenvalue weighted by molar-refractivity contribution is 7.98. The molecule has 0 saturated carbocycles. The lowest BCUT2D eigenvalue weighted by Crippen LogP contribution is -2.21. The van der Waals surface area contributed by atoms with Crippen molar-refractivity contribution < 1.29 is 19.0 Å². The Hall–Kier alpha value is -1.77. The maximum absolute atomic E-state index is 10.1. The van der Waals surface area contributed by atoms with Gasteiger partial charge in [0.1, 0.15) is 0 Å². The van der Waals surface area contributed by atoms with Gasteiger partial charge in [-0.05, 0) is 28.7 Å². The molecule has 1 N–H and O–H groups in total. The van der Waals surface area contributed by atoms with Gasteiger partial charge in [0, 0.05) is 7.05 Å². The molecule has 100 valence electrons. The quantitative estimate of drug-likeness (QED) is 0.180.